The Hall–Kier alpha value is -1.92. The highest BCUT2D eigenvalue weighted by atomic mass is 16.5. The van der Waals surface area contributed by atoms with E-state index < -0.39 is 10.8 Å². The molecule has 1 aromatic rings. The van der Waals surface area contributed by atoms with Crippen LogP contribution >= 0.6 is 0 Å². The summed E-state index contributed by atoms with van der Waals surface area (Å²) in [6.07, 6.45) is 1.73. The van der Waals surface area contributed by atoms with E-state index in [1.54, 1.807) is 0 Å². The SMILES string of the molecule is COC(=O)[C@]12CC[C@](C(=O)Nc3cccc(CN)c3)(COC1)C2. The molecule has 0 radical (unpaired) electrons. The van der Waals surface area contributed by atoms with Gasteiger partial charge in [-0.15, -0.1) is 0 Å². The summed E-state index contributed by atoms with van der Waals surface area (Å²) in [5.41, 5.74) is 5.96. The zero-order valence-electron chi connectivity index (χ0n) is 13.3. The standard InChI is InChI=1S/C17H22N2O4/c1-22-15(21)17-6-5-16(9-17,10-23-11-17)14(20)19-13-4-2-3-12(7-13)8-18/h2-4,7H,5-6,8-11,18H2,1H3,(H,19,20)/t16-,17+/m1/s1. The van der Waals surface area contributed by atoms with E-state index in [9.17, 15) is 9.59 Å². The Morgan fingerprint density at radius 3 is 2.78 bits per heavy atom. The van der Waals surface area contributed by atoms with Crippen LogP contribution in [0.25, 0.3) is 0 Å². The number of nitrogens with two attached hydrogens (primary N) is 1. The summed E-state index contributed by atoms with van der Waals surface area (Å²) in [6.45, 7) is 1.09. The number of hydrogen-bond acceptors (Lipinski definition) is 5. The van der Waals surface area contributed by atoms with Crippen LogP contribution in [0.2, 0.25) is 0 Å². The van der Waals surface area contributed by atoms with Crippen molar-refractivity contribution in [2.24, 2.45) is 16.6 Å². The quantitative estimate of drug-likeness (QED) is 0.820. The van der Waals surface area contributed by atoms with Gasteiger partial charge in [-0.25, -0.2) is 0 Å². The van der Waals surface area contributed by atoms with E-state index in [1.807, 2.05) is 24.3 Å². The van der Waals surface area contributed by atoms with Gasteiger partial charge >= 0.3 is 5.97 Å². The minimum absolute atomic E-state index is 0.0999. The van der Waals surface area contributed by atoms with Crippen LogP contribution in [-0.2, 0) is 25.6 Å². The van der Waals surface area contributed by atoms with Crippen LogP contribution in [0.3, 0.4) is 0 Å². The van der Waals surface area contributed by atoms with Gasteiger partial charge in [0.25, 0.3) is 0 Å². The lowest BCUT2D eigenvalue weighted by Gasteiger charge is -2.36. The molecule has 2 bridgehead atoms. The number of nitrogens with one attached hydrogen (secondary N) is 1. The van der Waals surface area contributed by atoms with Crippen molar-refractivity contribution in [1.82, 2.24) is 0 Å². The third-order valence-electron chi connectivity index (χ3n) is 5.04. The number of methoxy groups -OCH3 is 1. The maximum atomic E-state index is 12.8. The van der Waals surface area contributed by atoms with Gasteiger partial charge in [0, 0.05) is 12.2 Å². The van der Waals surface area contributed by atoms with Crippen LogP contribution in [0.5, 0.6) is 0 Å². The molecule has 1 aliphatic heterocycles. The lowest BCUT2D eigenvalue weighted by Crippen LogP contribution is -2.47. The second kappa shape index (κ2) is 5.94. The smallest absolute Gasteiger partial charge is 0.314 e. The van der Waals surface area contributed by atoms with Crippen molar-refractivity contribution in [2.75, 3.05) is 25.6 Å². The molecular weight excluding hydrogens is 296 g/mol. The van der Waals surface area contributed by atoms with Gasteiger partial charge in [0.15, 0.2) is 0 Å². The molecule has 1 heterocycles. The zero-order chi connectivity index (χ0) is 16.5. The lowest BCUT2D eigenvalue weighted by molar-refractivity contribution is -0.163. The Morgan fingerprint density at radius 1 is 1.30 bits per heavy atom. The molecule has 6 heteroatoms. The normalized spacial score (nSPS) is 29.1. The fraction of sp³-hybridized carbons (Fsp3) is 0.529. The molecule has 2 aliphatic rings. The van der Waals surface area contributed by atoms with Crippen LogP contribution in [0.15, 0.2) is 24.3 Å². The second-order valence-electron chi connectivity index (χ2n) is 6.58. The minimum atomic E-state index is -0.677. The molecule has 124 valence electrons. The molecule has 1 saturated carbocycles. The monoisotopic (exact) mass is 318 g/mol. The van der Waals surface area contributed by atoms with Crippen molar-refractivity contribution in [3.05, 3.63) is 29.8 Å². The van der Waals surface area contributed by atoms with Gasteiger partial charge in [-0.05, 0) is 37.0 Å². The number of anilines is 1. The summed E-state index contributed by atoms with van der Waals surface area (Å²) < 4.78 is 10.5. The largest absolute Gasteiger partial charge is 0.469 e. The summed E-state index contributed by atoms with van der Waals surface area (Å²) >= 11 is 0. The number of carbonyl (C=O) groups is 2. The Kier molecular flexibility index (Phi) is 4.12. The number of amides is 1. The van der Waals surface area contributed by atoms with Crippen LogP contribution in [0.1, 0.15) is 24.8 Å². The first-order valence-electron chi connectivity index (χ1n) is 7.80. The Labute approximate surface area is 135 Å². The third kappa shape index (κ3) is 2.72. The maximum Gasteiger partial charge on any atom is 0.314 e. The first-order valence-corrected chi connectivity index (χ1v) is 7.80. The predicted molar refractivity (Wildman–Crippen MR) is 84.5 cm³/mol. The average Bonchev–Trinajstić information content (AvgIpc) is 2.87. The summed E-state index contributed by atoms with van der Waals surface area (Å²) in [5.74, 6) is -0.380. The first kappa shape index (κ1) is 16.0. The fourth-order valence-electron chi connectivity index (χ4n) is 3.74. The molecule has 3 rings (SSSR count). The van der Waals surface area contributed by atoms with Crippen LogP contribution in [0.4, 0.5) is 5.69 Å². The predicted octanol–water partition coefficient (Wildman–Crippen LogP) is 1.44. The number of rotatable bonds is 4. The number of benzene rings is 1. The molecule has 3 N–H and O–H groups in total. The van der Waals surface area contributed by atoms with Gasteiger partial charge in [0.2, 0.25) is 5.91 Å². The first-order chi connectivity index (χ1) is 11.0. The highest BCUT2D eigenvalue weighted by molar-refractivity contribution is 5.97. The minimum Gasteiger partial charge on any atom is -0.469 e. The van der Waals surface area contributed by atoms with Crippen LogP contribution in [-0.4, -0.2) is 32.2 Å². The third-order valence-corrected chi connectivity index (χ3v) is 5.04. The van der Waals surface area contributed by atoms with Gasteiger partial charge in [-0.1, -0.05) is 12.1 Å². The van der Waals surface area contributed by atoms with E-state index in [0.717, 1.165) is 5.56 Å². The Balaban J connectivity index is 1.78. The molecule has 1 saturated heterocycles. The fourth-order valence-corrected chi connectivity index (χ4v) is 3.74. The van der Waals surface area contributed by atoms with E-state index in [1.165, 1.54) is 7.11 Å². The number of hydrogen-bond donors (Lipinski definition) is 2. The maximum absolute atomic E-state index is 12.8. The van der Waals surface area contributed by atoms with Crippen molar-refractivity contribution < 1.29 is 19.1 Å². The van der Waals surface area contributed by atoms with Gasteiger partial charge in [-0.2, -0.15) is 0 Å². The van der Waals surface area contributed by atoms with E-state index >= 15 is 0 Å². The van der Waals surface area contributed by atoms with E-state index in [0.29, 0.717) is 44.7 Å². The van der Waals surface area contributed by atoms with Gasteiger partial charge < -0.3 is 20.5 Å². The van der Waals surface area contributed by atoms with Crippen LogP contribution < -0.4 is 11.1 Å². The molecule has 0 unspecified atom stereocenters. The molecular formula is C17H22N2O4. The molecule has 1 aliphatic carbocycles. The van der Waals surface area contributed by atoms with Gasteiger partial charge in [-0.3, -0.25) is 9.59 Å². The number of fused-ring (bicyclic) bond motifs is 2. The molecule has 2 atom stereocenters. The number of ether oxygens (including phenoxy) is 2. The van der Waals surface area contributed by atoms with Crippen molar-refractivity contribution in [3.8, 4) is 0 Å². The molecule has 0 aromatic heterocycles. The molecule has 2 fully saturated rings. The molecule has 23 heavy (non-hydrogen) atoms. The van der Waals surface area contributed by atoms with E-state index in [4.69, 9.17) is 15.2 Å². The average molecular weight is 318 g/mol. The van der Waals surface area contributed by atoms with Gasteiger partial charge in [0.1, 0.15) is 0 Å². The highest BCUT2D eigenvalue weighted by Gasteiger charge is 2.59. The van der Waals surface area contributed by atoms with Crippen molar-refractivity contribution in [3.63, 3.8) is 0 Å². The number of esters is 1. The van der Waals surface area contributed by atoms with E-state index in [2.05, 4.69) is 5.32 Å². The number of carbonyl (C=O) groups excluding carboxylic acids is 2. The Bertz CT molecular complexity index is 633. The van der Waals surface area contributed by atoms with E-state index in [-0.39, 0.29) is 11.9 Å². The van der Waals surface area contributed by atoms with Crippen LogP contribution in [0, 0.1) is 10.8 Å². The summed E-state index contributed by atoms with van der Waals surface area (Å²) in [5, 5.41) is 2.95. The van der Waals surface area contributed by atoms with Crippen molar-refractivity contribution in [1.29, 1.82) is 0 Å². The molecule has 6 nitrogen and oxygen atoms in total. The summed E-state index contributed by atoms with van der Waals surface area (Å²) in [7, 11) is 1.38. The lowest BCUT2D eigenvalue weighted by atomic mass is 9.77. The Morgan fingerprint density at radius 2 is 2.04 bits per heavy atom. The molecule has 1 aromatic carbocycles. The summed E-state index contributed by atoms with van der Waals surface area (Å²) in [4.78, 5) is 24.9. The van der Waals surface area contributed by atoms with Crippen molar-refractivity contribution >= 4 is 17.6 Å². The van der Waals surface area contributed by atoms with Crippen molar-refractivity contribution in [2.45, 2.75) is 25.8 Å². The molecule has 1 amide bonds. The topological polar surface area (TPSA) is 90.7 Å². The molecule has 0 spiro atoms. The van der Waals surface area contributed by atoms with Gasteiger partial charge in [0.05, 0.1) is 31.2 Å². The second-order valence-corrected chi connectivity index (χ2v) is 6.58. The summed E-state index contributed by atoms with van der Waals surface area (Å²) in [6, 6.07) is 7.47. The highest BCUT2D eigenvalue weighted by Crippen LogP contribution is 2.54. The zero-order valence-corrected chi connectivity index (χ0v) is 13.3.